The smallest absolute Gasteiger partial charge is 0.246 e. The van der Waals surface area contributed by atoms with Gasteiger partial charge in [-0.1, -0.05) is 51.1 Å². The number of fused-ring (bicyclic) bond motifs is 1. The fourth-order valence-electron chi connectivity index (χ4n) is 3.54. The zero-order chi connectivity index (χ0) is 22.4. The summed E-state index contributed by atoms with van der Waals surface area (Å²) in [5.74, 6) is 0.931. The maximum Gasteiger partial charge on any atom is 0.246 e. The van der Waals surface area contributed by atoms with E-state index in [0.29, 0.717) is 19.5 Å². The molecule has 0 saturated heterocycles. The first-order valence-electron chi connectivity index (χ1n) is 10.9. The predicted octanol–water partition coefficient (Wildman–Crippen LogP) is 4.18. The van der Waals surface area contributed by atoms with Gasteiger partial charge in [0.15, 0.2) is 0 Å². The van der Waals surface area contributed by atoms with Crippen molar-refractivity contribution in [3.05, 3.63) is 60.4 Å². The SMILES string of the molecule is CCN(C(=O)Cn1c(CCCNC(=O)C(C)(C)C)nc2ccccc21)c1ccccc1. The first-order chi connectivity index (χ1) is 14.8. The van der Waals surface area contributed by atoms with E-state index in [1.54, 1.807) is 4.90 Å². The Kier molecular flexibility index (Phi) is 7.10. The summed E-state index contributed by atoms with van der Waals surface area (Å²) in [6, 6.07) is 17.6. The Balaban J connectivity index is 1.76. The lowest BCUT2D eigenvalue weighted by atomic mass is 9.96. The number of aryl methyl sites for hydroxylation is 1. The molecular weight excluding hydrogens is 388 g/mol. The molecular formula is C25H32N4O2. The van der Waals surface area contributed by atoms with E-state index < -0.39 is 5.41 Å². The topological polar surface area (TPSA) is 67.2 Å². The number of hydrogen-bond acceptors (Lipinski definition) is 3. The van der Waals surface area contributed by atoms with Gasteiger partial charge >= 0.3 is 0 Å². The number of nitrogens with zero attached hydrogens (tertiary/aromatic N) is 3. The van der Waals surface area contributed by atoms with Gasteiger partial charge in [0.1, 0.15) is 12.4 Å². The third kappa shape index (κ3) is 5.51. The van der Waals surface area contributed by atoms with Crippen molar-refractivity contribution in [1.82, 2.24) is 14.9 Å². The van der Waals surface area contributed by atoms with Gasteiger partial charge in [-0.25, -0.2) is 4.98 Å². The van der Waals surface area contributed by atoms with Crippen molar-refractivity contribution >= 4 is 28.5 Å². The Morgan fingerprint density at radius 1 is 1.03 bits per heavy atom. The van der Waals surface area contributed by atoms with Crippen LogP contribution < -0.4 is 10.2 Å². The van der Waals surface area contributed by atoms with E-state index in [1.807, 2.05) is 86.9 Å². The summed E-state index contributed by atoms with van der Waals surface area (Å²) in [5.41, 5.74) is 2.33. The Morgan fingerprint density at radius 2 is 1.71 bits per heavy atom. The molecule has 1 N–H and O–H groups in total. The van der Waals surface area contributed by atoms with E-state index in [-0.39, 0.29) is 18.4 Å². The molecule has 3 rings (SSSR count). The van der Waals surface area contributed by atoms with Gasteiger partial charge in [-0.05, 0) is 37.6 Å². The average Bonchev–Trinajstić information content (AvgIpc) is 3.09. The van der Waals surface area contributed by atoms with Crippen molar-refractivity contribution in [1.29, 1.82) is 0 Å². The van der Waals surface area contributed by atoms with Crippen LogP contribution in [0.3, 0.4) is 0 Å². The lowest BCUT2D eigenvalue weighted by molar-refractivity contribution is -0.128. The van der Waals surface area contributed by atoms with Crippen LogP contribution in [-0.2, 0) is 22.6 Å². The number of anilines is 1. The van der Waals surface area contributed by atoms with Gasteiger partial charge < -0.3 is 14.8 Å². The van der Waals surface area contributed by atoms with E-state index in [0.717, 1.165) is 29.0 Å². The van der Waals surface area contributed by atoms with Gasteiger partial charge in [0.25, 0.3) is 0 Å². The molecule has 2 aromatic carbocycles. The first kappa shape index (κ1) is 22.5. The highest BCUT2D eigenvalue weighted by Gasteiger charge is 2.21. The molecule has 0 fully saturated rings. The minimum atomic E-state index is -0.402. The number of nitrogens with one attached hydrogen (secondary N) is 1. The van der Waals surface area contributed by atoms with Gasteiger partial charge in [0, 0.05) is 30.6 Å². The molecule has 0 spiro atoms. The number of carbonyl (C=O) groups is 2. The summed E-state index contributed by atoms with van der Waals surface area (Å²) in [4.78, 5) is 31.8. The largest absolute Gasteiger partial charge is 0.356 e. The fraction of sp³-hybridized carbons (Fsp3) is 0.400. The molecule has 2 amide bonds. The number of carbonyl (C=O) groups excluding carboxylic acids is 2. The van der Waals surface area contributed by atoms with E-state index >= 15 is 0 Å². The summed E-state index contributed by atoms with van der Waals surface area (Å²) in [5, 5.41) is 2.98. The molecule has 0 aliphatic rings. The van der Waals surface area contributed by atoms with Gasteiger partial charge in [-0.3, -0.25) is 9.59 Å². The molecule has 1 heterocycles. The summed E-state index contributed by atoms with van der Waals surface area (Å²) in [6.45, 7) is 9.10. The summed E-state index contributed by atoms with van der Waals surface area (Å²) >= 11 is 0. The lowest BCUT2D eigenvalue weighted by Gasteiger charge is -2.22. The Labute approximate surface area is 184 Å². The van der Waals surface area contributed by atoms with Gasteiger partial charge in [-0.15, -0.1) is 0 Å². The number of imidazole rings is 1. The van der Waals surface area contributed by atoms with Crippen LogP contribution in [0.1, 0.15) is 39.9 Å². The lowest BCUT2D eigenvalue weighted by Crippen LogP contribution is -2.35. The highest BCUT2D eigenvalue weighted by molar-refractivity contribution is 5.94. The van der Waals surface area contributed by atoms with E-state index in [1.165, 1.54) is 0 Å². The molecule has 0 radical (unpaired) electrons. The highest BCUT2D eigenvalue weighted by atomic mass is 16.2. The molecule has 1 aromatic heterocycles. The van der Waals surface area contributed by atoms with E-state index in [2.05, 4.69) is 5.32 Å². The number of benzene rings is 2. The maximum atomic E-state index is 13.2. The van der Waals surface area contributed by atoms with Crippen LogP contribution in [0.2, 0.25) is 0 Å². The van der Waals surface area contributed by atoms with Crippen LogP contribution >= 0.6 is 0 Å². The average molecular weight is 421 g/mol. The van der Waals surface area contributed by atoms with Crippen molar-refractivity contribution in [3.8, 4) is 0 Å². The fourth-order valence-corrected chi connectivity index (χ4v) is 3.54. The summed E-state index contributed by atoms with van der Waals surface area (Å²) in [7, 11) is 0. The number of aromatic nitrogens is 2. The second-order valence-electron chi connectivity index (χ2n) is 8.69. The van der Waals surface area contributed by atoms with Crippen LogP contribution in [0.25, 0.3) is 11.0 Å². The molecule has 0 aliphatic carbocycles. The predicted molar refractivity (Wildman–Crippen MR) is 125 cm³/mol. The number of hydrogen-bond donors (Lipinski definition) is 1. The Hall–Kier alpha value is -3.15. The molecule has 0 bridgehead atoms. The quantitative estimate of drug-likeness (QED) is 0.556. The first-order valence-corrected chi connectivity index (χ1v) is 10.9. The van der Waals surface area contributed by atoms with Crippen molar-refractivity contribution in [3.63, 3.8) is 0 Å². The van der Waals surface area contributed by atoms with Crippen molar-refractivity contribution in [2.75, 3.05) is 18.0 Å². The van der Waals surface area contributed by atoms with Crippen molar-refractivity contribution in [2.45, 2.75) is 47.1 Å². The third-order valence-electron chi connectivity index (χ3n) is 5.26. The zero-order valence-electron chi connectivity index (χ0n) is 18.9. The molecule has 3 aromatic rings. The molecule has 0 saturated carbocycles. The van der Waals surface area contributed by atoms with Gasteiger partial charge in [0.2, 0.25) is 11.8 Å². The zero-order valence-corrected chi connectivity index (χ0v) is 18.9. The Bertz CT molecular complexity index is 1030. The summed E-state index contributed by atoms with van der Waals surface area (Å²) in [6.07, 6.45) is 1.44. The molecule has 0 atom stereocenters. The number of rotatable bonds is 8. The van der Waals surface area contributed by atoms with Crippen LogP contribution in [0.5, 0.6) is 0 Å². The summed E-state index contributed by atoms with van der Waals surface area (Å²) < 4.78 is 2.01. The second-order valence-corrected chi connectivity index (χ2v) is 8.69. The number of likely N-dealkylation sites (N-methyl/N-ethyl adjacent to an activating group) is 1. The van der Waals surface area contributed by atoms with Crippen LogP contribution in [-0.4, -0.2) is 34.5 Å². The van der Waals surface area contributed by atoms with E-state index in [9.17, 15) is 9.59 Å². The molecule has 6 nitrogen and oxygen atoms in total. The van der Waals surface area contributed by atoms with Crippen LogP contribution in [0.15, 0.2) is 54.6 Å². The van der Waals surface area contributed by atoms with Crippen molar-refractivity contribution < 1.29 is 9.59 Å². The normalized spacial score (nSPS) is 11.5. The molecule has 164 valence electrons. The standard InChI is InChI=1S/C25H32N4O2/c1-5-28(19-12-7-6-8-13-19)23(30)18-29-21-15-10-9-14-20(21)27-22(29)16-11-17-26-24(31)25(2,3)4/h6-10,12-15H,5,11,16-18H2,1-4H3,(H,26,31). The minimum absolute atomic E-state index is 0.0270. The molecule has 31 heavy (non-hydrogen) atoms. The highest BCUT2D eigenvalue weighted by Crippen LogP contribution is 2.20. The van der Waals surface area contributed by atoms with Gasteiger partial charge in [0.05, 0.1) is 11.0 Å². The van der Waals surface area contributed by atoms with Crippen LogP contribution in [0, 0.1) is 5.41 Å². The molecule has 0 aliphatic heterocycles. The monoisotopic (exact) mass is 420 g/mol. The van der Waals surface area contributed by atoms with Crippen molar-refractivity contribution in [2.24, 2.45) is 5.41 Å². The minimum Gasteiger partial charge on any atom is -0.356 e. The number of para-hydroxylation sites is 3. The van der Waals surface area contributed by atoms with Crippen LogP contribution in [0.4, 0.5) is 5.69 Å². The van der Waals surface area contributed by atoms with E-state index in [4.69, 9.17) is 4.98 Å². The maximum absolute atomic E-state index is 13.2. The molecule has 0 unspecified atom stereocenters. The Morgan fingerprint density at radius 3 is 2.39 bits per heavy atom. The second kappa shape index (κ2) is 9.77. The molecule has 6 heteroatoms. The van der Waals surface area contributed by atoms with Gasteiger partial charge in [-0.2, -0.15) is 0 Å². The third-order valence-corrected chi connectivity index (χ3v) is 5.26. The number of amides is 2.